The zero-order valence-electron chi connectivity index (χ0n) is 11.0. The van der Waals surface area contributed by atoms with E-state index in [1.54, 1.807) is 6.07 Å². The molecule has 0 unspecified atom stereocenters. The molecule has 102 valence electrons. The number of alkyl halides is 3. The molecule has 0 radical (unpaired) electrons. The van der Waals surface area contributed by atoms with Crippen LogP contribution in [0.25, 0.3) is 0 Å². The van der Waals surface area contributed by atoms with Crippen LogP contribution in [0.4, 0.5) is 13.2 Å². The number of halogens is 3. The van der Waals surface area contributed by atoms with Crippen LogP contribution in [0, 0.1) is 5.92 Å². The first-order valence-electron chi connectivity index (χ1n) is 5.79. The Labute approximate surface area is 104 Å². The number of hydrogen-bond acceptors (Lipinski definition) is 1. The summed E-state index contributed by atoms with van der Waals surface area (Å²) in [7, 11) is 0. The highest BCUT2D eigenvalue weighted by atomic mass is 19.4. The van der Waals surface area contributed by atoms with Gasteiger partial charge < -0.3 is 4.57 Å². The minimum Gasteiger partial charge on any atom is -0.315 e. The van der Waals surface area contributed by atoms with E-state index in [-0.39, 0.29) is 12.0 Å². The molecule has 0 N–H and O–H groups in total. The van der Waals surface area contributed by atoms with Gasteiger partial charge in [0.15, 0.2) is 0 Å². The van der Waals surface area contributed by atoms with Crippen molar-refractivity contribution in [1.29, 1.82) is 0 Å². The molecule has 0 aliphatic rings. The molecular formula is C13H18F3NO. The van der Waals surface area contributed by atoms with Crippen molar-refractivity contribution in [3.63, 3.8) is 0 Å². The van der Waals surface area contributed by atoms with Gasteiger partial charge in [-0.2, -0.15) is 13.2 Å². The van der Waals surface area contributed by atoms with Crippen LogP contribution in [-0.2, 0) is 12.0 Å². The molecule has 18 heavy (non-hydrogen) atoms. The third-order valence-electron chi connectivity index (χ3n) is 2.88. The summed E-state index contributed by atoms with van der Waals surface area (Å²) in [5.41, 5.74) is 0.243. The SMILES string of the molecule is C[C@H](Cn1cc(C(C)(C)C)ccc1=O)C(F)(F)F. The Hall–Kier alpha value is -1.26. The third-order valence-corrected chi connectivity index (χ3v) is 2.88. The molecule has 0 amide bonds. The van der Waals surface area contributed by atoms with Crippen LogP contribution >= 0.6 is 0 Å². The van der Waals surface area contributed by atoms with Crippen LogP contribution in [0.5, 0.6) is 0 Å². The van der Waals surface area contributed by atoms with E-state index in [9.17, 15) is 18.0 Å². The minimum atomic E-state index is -4.28. The van der Waals surface area contributed by atoms with E-state index in [0.29, 0.717) is 0 Å². The van der Waals surface area contributed by atoms with Gasteiger partial charge in [-0.15, -0.1) is 0 Å². The van der Waals surface area contributed by atoms with Gasteiger partial charge in [0.05, 0.1) is 5.92 Å². The molecule has 1 atom stereocenters. The number of aromatic nitrogens is 1. The Morgan fingerprint density at radius 3 is 2.22 bits per heavy atom. The number of pyridine rings is 1. The molecule has 2 nitrogen and oxygen atoms in total. The highest BCUT2D eigenvalue weighted by molar-refractivity contribution is 5.19. The van der Waals surface area contributed by atoms with Crippen LogP contribution in [-0.4, -0.2) is 10.7 Å². The van der Waals surface area contributed by atoms with Gasteiger partial charge in [-0.25, -0.2) is 0 Å². The highest BCUT2D eigenvalue weighted by Gasteiger charge is 2.36. The van der Waals surface area contributed by atoms with E-state index in [4.69, 9.17) is 0 Å². The molecule has 5 heteroatoms. The van der Waals surface area contributed by atoms with Crippen molar-refractivity contribution < 1.29 is 13.2 Å². The Morgan fingerprint density at radius 1 is 1.22 bits per heavy atom. The summed E-state index contributed by atoms with van der Waals surface area (Å²) in [6.07, 6.45) is -2.76. The lowest BCUT2D eigenvalue weighted by Crippen LogP contribution is -2.30. The van der Waals surface area contributed by atoms with Crippen molar-refractivity contribution in [1.82, 2.24) is 4.57 Å². The second-order valence-electron chi connectivity index (χ2n) is 5.60. The summed E-state index contributed by atoms with van der Waals surface area (Å²) in [5, 5.41) is 0. The Morgan fingerprint density at radius 2 is 1.78 bits per heavy atom. The van der Waals surface area contributed by atoms with Gasteiger partial charge in [0.2, 0.25) is 0 Å². The summed E-state index contributed by atoms with van der Waals surface area (Å²) < 4.78 is 38.6. The van der Waals surface area contributed by atoms with Crippen LogP contribution in [0.15, 0.2) is 23.1 Å². The smallest absolute Gasteiger partial charge is 0.315 e. The number of hydrogen-bond donors (Lipinski definition) is 0. The van der Waals surface area contributed by atoms with E-state index in [0.717, 1.165) is 17.1 Å². The Bertz CT molecular complexity index is 468. The zero-order chi connectivity index (χ0) is 14.1. The normalized spacial score (nSPS) is 14.6. The summed E-state index contributed by atoms with van der Waals surface area (Å²) >= 11 is 0. The van der Waals surface area contributed by atoms with Gasteiger partial charge in [0, 0.05) is 18.8 Å². The van der Waals surface area contributed by atoms with E-state index in [1.165, 1.54) is 12.3 Å². The summed E-state index contributed by atoms with van der Waals surface area (Å²) in [4.78, 5) is 11.6. The van der Waals surface area contributed by atoms with Gasteiger partial charge in [0.25, 0.3) is 5.56 Å². The first-order valence-corrected chi connectivity index (χ1v) is 5.79. The quantitative estimate of drug-likeness (QED) is 0.800. The van der Waals surface area contributed by atoms with E-state index in [2.05, 4.69) is 0 Å². The minimum absolute atomic E-state index is 0.197. The van der Waals surface area contributed by atoms with Crippen LogP contribution in [0.2, 0.25) is 0 Å². The molecule has 0 saturated carbocycles. The fourth-order valence-corrected chi connectivity index (χ4v) is 1.52. The summed E-state index contributed by atoms with van der Waals surface area (Å²) in [6.45, 7) is 6.58. The first kappa shape index (κ1) is 14.8. The van der Waals surface area contributed by atoms with Crippen molar-refractivity contribution >= 4 is 0 Å². The van der Waals surface area contributed by atoms with Gasteiger partial charge in [-0.3, -0.25) is 4.79 Å². The van der Waals surface area contributed by atoms with Gasteiger partial charge in [-0.05, 0) is 11.0 Å². The monoisotopic (exact) mass is 261 g/mol. The van der Waals surface area contributed by atoms with Crippen LogP contribution in [0.3, 0.4) is 0 Å². The van der Waals surface area contributed by atoms with Crippen molar-refractivity contribution in [2.75, 3.05) is 0 Å². The van der Waals surface area contributed by atoms with Crippen molar-refractivity contribution in [2.45, 2.75) is 45.8 Å². The molecule has 0 saturated heterocycles. The molecule has 1 aromatic heterocycles. The lowest BCUT2D eigenvalue weighted by atomic mass is 9.88. The van der Waals surface area contributed by atoms with Crippen LogP contribution in [0.1, 0.15) is 33.3 Å². The Kier molecular flexibility index (Phi) is 3.93. The van der Waals surface area contributed by atoms with Crippen LogP contribution < -0.4 is 5.56 Å². The maximum absolute atomic E-state index is 12.5. The predicted octanol–water partition coefficient (Wildman–Crippen LogP) is 3.34. The molecule has 1 rings (SSSR count). The van der Waals surface area contributed by atoms with Gasteiger partial charge in [-0.1, -0.05) is 33.8 Å². The number of rotatable bonds is 2. The average molecular weight is 261 g/mol. The lowest BCUT2D eigenvalue weighted by Gasteiger charge is -2.22. The molecule has 0 aliphatic heterocycles. The summed E-state index contributed by atoms with van der Waals surface area (Å²) in [6, 6.07) is 2.99. The zero-order valence-corrected chi connectivity index (χ0v) is 11.0. The average Bonchev–Trinajstić information content (AvgIpc) is 2.18. The van der Waals surface area contributed by atoms with E-state index >= 15 is 0 Å². The predicted molar refractivity (Wildman–Crippen MR) is 64.6 cm³/mol. The molecule has 0 aliphatic carbocycles. The second-order valence-corrected chi connectivity index (χ2v) is 5.60. The molecule has 0 spiro atoms. The standard InChI is InChI=1S/C13H18F3NO/c1-9(13(14,15)16)7-17-8-10(12(2,3)4)5-6-11(17)18/h5-6,8-9H,7H2,1-4H3/t9-/m1/s1. The highest BCUT2D eigenvalue weighted by Crippen LogP contribution is 2.27. The molecule has 0 fully saturated rings. The maximum atomic E-state index is 12.5. The van der Waals surface area contributed by atoms with E-state index < -0.39 is 17.7 Å². The summed E-state index contributed by atoms with van der Waals surface area (Å²) in [5.74, 6) is -1.54. The molecule has 0 bridgehead atoms. The second kappa shape index (κ2) is 4.78. The number of nitrogens with zero attached hydrogens (tertiary/aromatic N) is 1. The maximum Gasteiger partial charge on any atom is 0.393 e. The van der Waals surface area contributed by atoms with Crippen molar-refractivity contribution in [3.05, 3.63) is 34.2 Å². The van der Waals surface area contributed by atoms with Gasteiger partial charge in [0.1, 0.15) is 0 Å². The van der Waals surface area contributed by atoms with Gasteiger partial charge >= 0.3 is 6.18 Å². The molecule has 1 aromatic rings. The van der Waals surface area contributed by atoms with Crippen molar-refractivity contribution in [3.8, 4) is 0 Å². The molecule has 1 heterocycles. The molecular weight excluding hydrogens is 243 g/mol. The first-order chi connectivity index (χ1) is 8.01. The molecule has 0 aromatic carbocycles. The lowest BCUT2D eigenvalue weighted by molar-refractivity contribution is -0.173. The largest absolute Gasteiger partial charge is 0.393 e. The fourth-order valence-electron chi connectivity index (χ4n) is 1.52. The fraction of sp³-hybridized carbons (Fsp3) is 0.615. The van der Waals surface area contributed by atoms with E-state index in [1.807, 2.05) is 20.8 Å². The third kappa shape index (κ3) is 3.62. The topological polar surface area (TPSA) is 22.0 Å². The Balaban J connectivity index is 3.07. The van der Waals surface area contributed by atoms with Crippen molar-refractivity contribution in [2.24, 2.45) is 5.92 Å².